The fourth-order valence-electron chi connectivity index (χ4n) is 4.41. The molecule has 0 spiro atoms. The van der Waals surface area contributed by atoms with Crippen LogP contribution in [0.2, 0.25) is 0 Å². The first-order valence-corrected chi connectivity index (χ1v) is 11.2. The Morgan fingerprint density at radius 1 is 1.03 bits per heavy atom. The molecular weight excluding hydrogens is 451 g/mol. The third kappa shape index (κ3) is 4.96. The molecule has 3 aromatic rings. The molecule has 7 nitrogen and oxygen atoms in total. The van der Waals surface area contributed by atoms with Crippen molar-refractivity contribution < 1.29 is 23.5 Å². The molecule has 0 bridgehead atoms. The molecule has 0 atom stereocenters. The summed E-state index contributed by atoms with van der Waals surface area (Å²) in [6.45, 7) is 3.98. The largest absolute Gasteiger partial charge is 0.497 e. The summed E-state index contributed by atoms with van der Waals surface area (Å²) in [5.74, 6) is -0.0497. The van der Waals surface area contributed by atoms with Gasteiger partial charge >= 0.3 is 0 Å². The lowest BCUT2D eigenvalue weighted by Gasteiger charge is -2.31. The third-order valence-electron chi connectivity index (χ3n) is 6.11. The Morgan fingerprint density at radius 2 is 1.66 bits per heavy atom. The monoisotopic (exact) mass is 478 g/mol. The van der Waals surface area contributed by atoms with E-state index in [9.17, 15) is 18.8 Å². The second kappa shape index (κ2) is 9.37. The number of carbonyl (C=O) groups is 2. The minimum Gasteiger partial charge on any atom is -0.497 e. The van der Waals surface area contributed by atoms with Crippen LogP contribution in [-0.2, 0) is 13.0 Å². The fourth-order valence-corrected chi connectivity index (χ4v) is 4.41. The number of fused-ring (bicyclic) bond motifs is 1. The molecule has 0 fully saturated rings. The van der Waals surface area contributed by atoms with Crippen molar-refractivity contribution in [2.75, 3.05) is 14.2 Å². The number of ether oxygens (including phenoxy) is 2. The molecule has 8 heteroatoms. The van der Waals surface area contributed by atoms with Gasteiger partial charge in [0, 0.05) is 36.5 Å². The van der Waals surface area contributed by atoms with Crippen molar-refractivity contribution in [3.63, 3.8) is 0 Å². The molecule has 0 saturated carbocycles. The van der Waals surface area contributed by atoms with E-state index in [1.165, 1.54) is 49.2 Å². The zero-order valence-electron chi connectivity index (χ0n) is 20.1. The first-order chi connectivity index (χ1) is 16.6. The summed E-state index contributed by atoms with van der Waals surface area (Å²) in [6, 6.07) is 10.5. The molecule has 2 aromatic carbocycles. The molecule has 1 N–H and O–H groups in total. The summed E-state index contributed by atoms with van der Waals surface area (Å²) in [4.78, 5) is 40.0. The van der Waals surface area contributed by atoms with E-state index in [-0.39, 0.29) is 17.9 Å². The van der Waals surface area contributed by atoms with E-state index in [4.69, 9.17) is 9.47 Å². The van der Waals surface area contributed by atoms with Gasteiger partial charge in [-0.1, -0.05) is 13.8 Å². The van der Waals surface area contributed by atoms with E-state index in [0.29, 0.717) is 41.2 Å². The number of methoxy groups -OCH3 is 2. The van der Waals surface area contributed by atoms with Crippen LogP contribution in [0.5, 0.6) is 11.5 Å². The van der Waals surface area contributed by atoms with Gasteiger partial charge in [0.25, 0.3) is 11.5 Å². The maximum absolute atomic E-state index is 13.6. The highest BCUT2D eigenvalue weighted by Gasteiger charge is 2.36. The van der Waals surface area contributed by atoms with E-state index in [1.54, 1.807) is 18.2 Å². The summed E-state index contributed by atoms with van der Waals surface area (Å²) in [5.41, 5.74) is 0.813. The molecule has 182 valence electrons. The maximum Gasteiger partial charge on any atom is 0.268 e. The molecule has 0 unspecified atom stereocenters. The standard InChI is InChI=1S/C27H27FN2O5/c1-27(2)12-21-22(23(31)13-27)15-30(18-7-5-17(28)6-8-18)26(33)24(21)25(32)29-14-16-9-19(34-3)11-20(10-16)35-4/h5-11,15H,12-14H2,1-4H3,(H,29,32). The number of hydrogen-bond acceptors (Lipinski definition) is 5. The molecule has 0 aliphatic heterocycles. The SMILES string of the molecule is COc1cc(CNC(=O)c2c3c(cn(-c4ccc(F)cc4)c2=O)C(=O)CC(C)(C)C3)cc(OC)c1. The average molecular weight is 479 g/mol. The number of ketones is 1. The van der Waals surface area contributed by atoms with E-state index >= 15 is 0 Å². The van der Waals surface area contributed by atoms with Crippen LogP contribution in [0, 0.1) is 11.2 Å². The van der Waals surface area contributed by atoms with Crippen molar-refractivity contribution in [2.24, 2.45) is 5.41 Å². The normalized spacial score (nSPS) is 14.3. The molecular formula is C27H27FN2O5. The number of pyridine rings is 1. The van der Waals surface area contributed by atoms with Crippen LogP contribution >= 0.6 is 0 Å². The van der Waals surface area contributed by atoms with Crippen LogP contribution in [0.15, 0.2) is 53.5 Å². The minimum atomic E-state index is -0.588. The molecule has 0 saturated heterocycles. The van der Waals surface area contributed by atoms with Gasteiger partial charge in [-0.15, -0.1) is 0 Å². The predicted octanol–water partition coefficient (Wildman–Crippen LogP) is 4.08. The summed E-state index contributed by atoms with van der Waals surface area (Å²) >= 11 is 0. The van der Waals surface area contributed by atoms with E-state index in [1.807, 2.05) is 13.8 Å². The lowest BCUT2D eigenvalue weighted by Crippen LogP contribution is -2.38. The van der Waals surface area contributed by atoms with Crippen molar-refractivity contribution in [1.82, 2.24) is 9.88 Å². The van der Waals surface area contributed by atoms with Gasteiger partial charge in [0.2, 0.25) is 0 Å². The van der Waals surface area contributed by atoms with Crippen LogP contribution in [0.4, 0.5) is 4.39 Å². The van der Waals surface area contributed by atoms with Gasteiger partial charge in [-0.2, -0.15) is 0 Å². The first-order valence-electron chi connectivity index (χ1n) is 11.2. The summed E-state index contributed by atoms with van der Waals surface area (Å²) in [6.07, 6.45) is 2.17. The van der Waals surface area contributed by atoms with Crippen LogP contribution in [0.1, 0.15) is 52.1 Å². The number of nitrogens with zero attached hydrogens (tertiary/aromatic N) is 1. The molecule has 1 aromatic heterocycles. The van der Waals surface area contributed by atoms with Gasteiger partial charge in [-0.25, -0.2) is 4.39 Å². The van der Waals surface area contributed by atoms with Crippen molar-refractivity contribution in [1.29, 1.82) is 0 Å². The quantitative estimate of drug-likeness (QED) is 0.577. The Balaban J connectivity index is 1.78. The minimum absolute atomic E-state index is 0.0807. The lowest BCUT2D eigenvalue weighted by molar-refractivity contribution is 0.0908. The van der Waals surface area contributed by atoms with Crippen molar-refractivity contribution in [3.8, 4) is 17.2 Å². The average Bonchev–Trinajstić information content (AvgIpc) is 2.82. The van der Waals surface area contributed by atoms with Gasteiger partial charge in [0.1, 0.15) is 22.9 Å². The second-order valence-electron chi connectivity index (χ2n) is 9.39. The van der Waals surface area contributed by atoms with Crippen molar-refractivity contribution in [3.05, 3.63) is 87.1 Å². The summed E-state index contributed by atoms with van der Waals surface area (Å²) < 4.78 is 25.3. The van der Waals surface area contributed by atoms with Crippen LogP contribution in [0.25, 0.3) is 5.69 Å². The summed E-state index contributed by atoms with van der Waals surface area (Å²) in [7, 11) is 3.06. The number of amides is 1. The molecule has 1 aliphatic carbocycles. The number of halogens is 1. The van der Waals surface area contributed by atoms with Crippen molar-refractivity contribution in [2.45, 2.75) is 33.2 Å². The summed E-state index contributed by atoms with van der Waals surface area (Å²) in [5, 5.41) is 2.80. The van der Waals surface area contributed by atoms with E-state index in [0.717, 1.165) is 5.56 Å². The fraction of sp³-hybridized carbons (Fsp3) is 0.296. The van der Waals surface area contributed by atoms with E-state index < -0.39 is 22.7 Å². The highest BCUT2D eigenvalue weighted by Crippen LogP contribution is 2.36. The van der Waals surface area contributed by atoms with Crippen LogP contribution in [-0.4, -0.2) is 30.5 Å². The Hall–Kier alpha value is -3.94. The van der Waals surface area contributed by atoms with Crippen molar-refractivity contribution >= 4 is 11.7 Å². The molecule has 0 radical (unpaired) electrons. The van der Waals surface area contributed by atoms with Crippen LogP contribution < -0.4 is 20.3 Å². The zero-order valence-corrected chi connectivity index (χ0v) is 20.1. The first kappa shape index (κ1) is 24.2. The molecule has 4 rings (SSSR count). The molecule has 1 aliphatic rings. The highest BCUT2D eigenvalue weighted by molar-refractivity contribution is 6.04. The number of hydrogen-bond donors (Lipinski definition) is 1. The number of Topliss-reactive ketones (excluding diaryl/α,β-unsaturated/α-hetero) is 1. The Bertz CT molecular complexity index is 1340. The Labute approximate surface area is 202 Å². The Kier molecular flexibility index (Phi) is 6.47. The molecule has 1 amide bonds. The molecule has 1 heterocycles. The zero-order chi connectivity index (χ0) is 25.3. The smallest absolute Gasteiger partial charge is 0.268 e. The van der Waals surface area contributed by atoms with Gasteiger partial charge in [0.05, 0.1) is 14.2 Å². The van der Waals surface area contributed by atoms with Gasteiger partial charge in [-0.05, 0) is 59.4 Å². The van der Waals surface area contributed by atoms with Gasteiger partial charge in [-0.3, -0.25) is 19.0 Å². The number of rotatable bonds is 6. The van der Waals surface area contributed by atoms with E-state index in [2.05, 4.69) is 5.32 Å². The maximum atomic E-state index is 13.6. The lowest BCUT2D eigenvalue weighted by atomic mass is 9.73. The highest BCUT2D eigenvalue weighted by atomic mass is 19.1. The third-order valence-corrected chi connectivity index (χ3v) is 6.11. The number of nitrogens with one attached hydrogen (secondary N) is 1. The van der Waals surface area contributed by atoms with Crippen LogP contribution in [0.3, 0.4) is 0 Å². The van der Waals surface area contributed by atoms with Gasteiger partial charge < -0.3 is 14.8 Å². The predicted molar refractivity (Wildman–Crippen MR) is 129 cm³/mol. The number of carbonyl (C=O) groups excluding carboxylic acids is 2. The second-order valence-corrected chi connectivity index (χ2v) is 9.39. The topological polar surface area (TPSA) is 86.6 Å². The molecule has 35 heavy (non-hydrogen) atoms. The number of benzene rings is 2. The number of aromatic nitrogens is 1. The van der Waals surface area contributed by atoms with Gasteiger partial charge in [0.15, 0.2) is 5.78 Å². The Morgan fingerprint density at radius 3 is 2.26 bits per heavy atom.